The first-order valence-electron chi connectivity index (χ1n) is 9.40. The highest BCUT2D eigenvalue weighted by Crippen LogP contribution is 2.19. The van der Waals surface area contributed by atoms with Crippen LogP contribution in [0.5, 0.6) is 0 Å². The number of aryl methyl sites for hydroxylation is 1. The molecule has 4 aromatic rings. The number of benzene rings is 2. The van der Waals surface area contributed by atoms with Crippen LogP contribution in [0.1, 0.15) is 33.6 Å². The Labute approximate surface area is 168 Å². The fraction of sp³-hybridized carbons (Fsp3) is 0.0870. The summed E-state index contributed by atoms with van der Waals surface area (Å²) in [5.74, 6) is -0.580. The number of aromatic nitrogens is 2. The van der Waals surface area contributed by atoms with Crippen LogP contribution in [-0.2, 0) is 6.42 Å². The van der Waals surface area contributed by atoms with Gasteiger partial charge in [-0.15, -0.1) is 0 Å². The van der Waals surface area contributed by atoms with E-state index < -0.39 is 0 Å². The fourth-order valence-electron chi connectivity index (χ4n) is 3.21. The van der Waals surface area contributed by atoms with Gasteiger partial charge in [0.25, 0.3) is 11.8 Å². The summed E-state index contributed by atoms with van der Waals surface area (Å²) in [6.07, 6.45) is 2.52. The van der Waals surface area contributed by atoms with E-state index in [1.807, 2.05) is 55.5 Å². The number of imidazole rings is 1. The zero-order valence-electron chi connectivity index (χ0n) is 15.9. The lowest BCUT2D eigenvalue weighted by Gasteiger charge is -2.08. The molecule has 2 aromatic heterocycles. The van der Waals surface area contributed by atoms with Gasteiger partial charge in [-0.25, -0.2) is 4.98 Å². The van der Waals surface area contributed by atoms with E-state index in [9.17, 15) is 9.59 Å². The quantitative estimate of drug-likeness (QED) is 0.535. The van der Waals surface area contributed by atoms with E-state index in [0.717, 1.165) is 17.7 Å². The molecule has 2 N–H and O–H groups in total. The molecule has 6 heteroatoms. The number of amides is 2. The van der Waals surface area contributed by atoms with Crippen LogP contribution in [0.25, 0.3) is 5.52 Å². The summed E-state index contributed by atoms with van der Waals surface area (Å²) in [5, 5.41) is 5.74. The highest BCUT2D eigenvalue weighted by molar-refractivity contribution is 6.10. The number of hydrogen-bond acceptors (Lipinski definition) is 3. The van der Waals surface area contributed by atoms with Crippen molar-refractivity contribution in [3.63, 3.8) is 0 Å². The molecule has 29 heavy (non-hydrogen) atoms. The number of carbonyl (C=O) groups excluding carboxylic acids is 2. The molecule has 0 spiro atoms. The van der Waals surface area contributed by atoms with Crippen molar-refractivity contribution in [3.05, 3.63) is 96.1 Å². The lowest BCUT2D eigenvalue weighted by molar-refractivity contribution is 0.101. The van der Waals surface area contributed by atoms with Gasteiger partial charge in [0.15, 0.2) is 5.69 Å². The Morgan fingerprint density at radius 2 is 1.59 bits per heavy atom. The first-order chi connectivity index (χ1) is 14.2. The zero-order valence-corrected chi connectivity index (χ0v) is 15.9. The van der Waals surface area contributed by atoms with Crippen LogP contribution in [0.2, 0.25) is 0 Å². The van der Waals surface area contributed by atoms with E-state index in [2.05, 4.69) is 15.6 Å². The summed E-state index contributed by atoms with van der Waals surface area (Å²) in [6, 6.07) is 22.2. The maximum atomic E-state index is 13.0. The molecule has 4 rings (SSSR count). The molecule has 0 radical (unpaired) electrons. The third-order valence-electron chi connectivity index (χ3n) is 4.64. The first-order valence-corrected chi connectivity index (χ1v) is 9.40. The Balaban J connectivity index is 1.68. The molecule has 0 saturated heterocycles. The van der Waals surface area contributed by atoms with Crippen LogP contribution in [0.15, 0.2) is 79.0 Å². The molecule has 0 aliphatic carbocycles. The number of pyridine rings is 1. The fourth-order valence-corrected chi connectivity index (χ4v) is 3.21. The Hall–Kier alpha value is -3.93. The average molecular weight is 384 g/mol. The van der Waals surface area contributed by atoms with E-state index >= 15 is 0 Å². The van der Waals surface area contributed by atoms with E-state index in [0.29, 0.717) is 11.2 Å². The van der Waals surface area contributed by atoms with Crippen molar-refractivity contribution in [3.8, 4) is 0 Å². The SMILES string of the molecule is CCc1ccccc1NC(=O)c1nc(C(=O)Nc2ccccc2)c2ccccn12. The van der Waals surface area contributed by atoms with Crippen LogP contribution >= 0.6 is 0 Å². The number of para-hydroxylation sites is 2. The van der Waals surface area contributed by atoms with Gasteiger partial charge in [0, 0.05) is 17.6 Å². The molecule has 0 atom stereocenters. The monoisotopic (exact) mass is 384 g/mol. The highest BCUT2D eigenvalue weighted by Gasteiger charge is 2.22. The van der Waals surface area contributed by atoms with Crippen molar-refractivity contribution in [2.24, 2.45) is 0 Å². The topological polar surface area (TPSA) is 75.5 Å². The van der Waals surface area contributed by atoms with Gasteiger partial charge in [0.2, 0.25) is 5.82 Å². The predicted molar refractivity (Wildman–Crippen MR) is 113 cm³/mol. The van der Waals surface area contributed by atoms with Gasteiger partial charge in [-0.05, 0) is 42.3 Å². The molecule has 0 aliphatic rings. The third kappa shape index (κ3) is 3.73. The van der Waals surface area contributed by atoms with Gasteiger partial charge in [-0.1, -0.05) is 49.4 Å². The van der Waals surface area contributed by atoms with Crippen molar-refractivity contribution in [2.45, 2.75) is 13.3 Å². The third-order valence-corrected chi connectivity index (χ3v) is 4.64. The van der Waals surface area contributed by atoms with Crippen molar-refractivity contribution < 1.29 is 9.59 Å². The maximum Gasteiger partial charge on any atom is 0.292 e. The van der Waals surface area contributed by atoms with Crippen LogP contribution in [0.4, 0.5) is 11.4 Å². The number of carbonyl (C=O) groups is 2. The van der Waals surface area contributed by atoms with Crippen LogP contribution in [-0.4, -0.2) is 21.2 Å². The summed E-state index contributed by atoms with van der Waals surface area (Å²) in [5.41, 5.74) is 3.20. The molecule has 0 aliphatic heterocycles. The molecule has 2 aromatic carbocycles. The molecule has 2 amide bonds. The largest absolute Gasteiger partial charge is 0.321 e. The Bertz CT molecular complexity index is 1180. The van der Waals surface area contributed by atoms with Crippen LogP contribution in [0, 0.1) is 0 Å². The Morgan fingerprint density at radius 1 is 0.862 bits per heavy atom. The molecule has 0 unspecified atom stereocenters. The zero-order chi connectivity index (χ0) is 20.2. The van der Waals surface area contributed by atoms with Crippen molar-refractivity contribution in [1.29, 1.82) is 0 Å². The molecular formula is C23H20N4O2. The number of nitrogens with zero attached hydrogens (tertiary/aromatic N) is 2. The molecule has 0 saturated carbocycles. The van der Waals surface area contributed by atoms with E-state index in [4.69, 9.17) is 0 Å². The minimum atomic E-state index is -0.370. The number of nitrogens with one attached hydrogen (secondary N) is 2. The lowest BCUT2D eigenvalue weighted by atomic mass is 10.1. The van der Waals surface area contributed by atoms with Crippen molar-refractivity contribution in [2.75, 3.05) is 10.6 Å². The smallest absolute Gasteiger partial charge is 0.292 e. The minimum Gasteiger partial charge on any atom is -0.321 e. The summed E-state index contributed by atoms with van der Waals surface area (Å²) in [7, 11) is 0. The standard InChI is InChI=1S/C23H20N4O2/c1-2-16-10-6-7-13-18(16)25-23(29)21-26-20(19-14-8-9-15-27(19)21)22(28)24-17-11-4-3-5-12-17/h3-15H,2H2,1H3,(H,24,28)(H,25,29). The summed E-state index contributed by atoms with van der Waals surface area (Å²) < 4.78 is 1.63. The molecule has 144 valence electrons. The highest BCUT2D eigenvalue weighted by atomic mass is 16.2. The van der Waals surface area contributed by atoms with E-state index in [1.165, 1.54) is 0 Å². The van der Waals surface area contributed by atoms with Crippen LogP contribution in [0.3, 0.4) is 0 Å². The Morgan fingerprint density at radius 3 is 2.38 bits per heavy atom. The number of rotatable bonds is 5. The van der Waals surface area contributed by atoms with Gasteiger partial charge < -0.3 is 10.6 Å². The summed E-state index contributed by atoms with van der Waals surface area (Å²) >= 11 is 0. The molecule has 0 bridgehead atoms. The van der Waals surface area contributed by atoms with Gasteiger partial charge in [-0.2, -0.15) is 0 Å². The van der Waals surface area contributed by atoms with E-state index in [1.54, 1.807) is 34.9 Å². The molecule has 2 heterocycles. The Kier molecular flexibility index (Phi) is 5.07. The van der Waals surface area contributed by atoms with Crippen LogP contribution < -0.4 is 10.6 Å². The number of hydrogen-bond donors (Lipinski definition) is 2. The maximum absolute atomic E-state index is 13.0. The second-order valence-electron chi connectivity index (χ2n) is 6.52. The second kappa shape index (κ2) is 7.98. The van der Waals surface area contributed by atoms with Gasteiger partial charge in [0.1, 0.15) is 0 Å². The molecular weight excluding hydrogens is 364 g/mol. The lowest BCUT2D eigenvalue weighted by Crippen LogP contribution is -2.17. The first kappa shape index (κ1) is 18.4. The van der Waals surface area contributed by atoms with Gasteiger partial charge in [0.05, 0.1) is 5.52 Å². The second-order valence-corrected chi connectivity index (χ2v) is 6.52. The number of fused-ring (bicyclic) bond motifs is 1. The van der Waals surface area contributed by atoms with Crippen molar-refractivity contribution >= 4 is 28.7 Å². The van der Waals surface area contributed by atoms with Gasteiger partial charge in [-0.3, -0.25) is 14.0 Å². The predicted octanol–water partition coefficient (Wildman–Crippen LogP) is 4.40. The van der Waals surface area contributed by atoms with Crippen molar-refractivity contribution in [1.82, 2.24) is 9.38 Å². The summed E-state index contributed by atoms with van der Waals surface area (Å²) in [4.78, 5) is 30.1. The van der Waals surface area contributed by atoms with E-state index in [-0.39, 0.29) is 23.3 Å². The number of anilines is 2. The molecule has 0 fully saturated rings. The molecule has 6 nitrogen and oxygen atoms in total. The minimum absolute atomic E-state index is 0.157. The summed E-state index contributed by atoms with van der Waals surface area (Å²) in [6.45, 7) is 2.03. The van der Waals surface area contributed by atoms with Gasteiger partial charge >= 0.3 is 0 Å². The average Bonchev–Trinajstić information content (AvgIpc) is 3.15. The normalized spacial score (nSPS) is 10.7.